The highest BCUT2D eigenvalue weighted by Crippen LogP contribution is 2.30. The average Bonchev–Trinajstić information content (AvgIpc) is 2.62. The molecule has 3 unspecified atom stereocenters. The van der Waals surface area contributed by atoms with Gasteiger partial charge in [0.25, 0.3) is 0 Å². The maximum atomic E-state index is 12.5. The van der Waals surface area contributed by atoms with Crippen LogP contribution in [0.4, 0.5) is 10.5 Å². The van der Waals surface area contributed by atoms with Crippen LogP contribution in [-0.2, 0) is 6.54 Å². The summed E-state index contributed by atoms with van der Waals surface area (Å²) in [5, 5.41) is 19.2. The van der Waals surface area contributed by atoms with Gasteiger partial charge in [0.05, 0.1) is 5.82 Å². The van der Waals surface area contributed by atoms with Gasteiger partial charge in [0.15, 0.2) is 6.29 Å². The molecule has 7 heteroatoms. The van der Waals surface area contributed by atoms with Crippen LogP contribution in [0.25, 0.3) is 0 Å². The molecule has 7 nitrogen and oxygen atoms in total. The second-order valence-corrected chi connectivity index (χ2v) is 7.27. The SMILES string of the molecule is CCCC1CNCc2ccc(NC(=O)NC3NC(NCC)=CC(C)N3)cc21. The maximum Gasteiger partial charge on any atom is 0.321 e. The second kappa shape index (κ2) is 9.10. The molecule has 0 saturated heterocycles. The molecule has 0 bridgehead atoms. The number of hydrogen-bond acceptors (Lipinski definition) is 5. The number of fused-ring (bicyclic) bond motifs is 1. The Hall–Kier alpha value is -2.25. The van der Waals surface area contributed by atoms with E-state index < -0.39 is 0 Å². The number of benzene rings is 1. The van der Waals surface area contributed by atoms with E-state index in [2.05, 4.69) is 64.0 Å². The molecule has 3 atom stereocenters. The summed E-state index contributed by atoms with van der Waals surface area (Å²) in [4.78, 5) is 12.5. The standard InChI is InChI=1S/C20H32N6O/c1-4-6-14-11-21-12-15-7-8-16(10-17(14)15)24-20(27)26-19-23-13(3)9-18(25-19)22-5-2/h7-10,13-14,19,21-23,25H,4-6,11-12H2,1-3H3,(H2,24,26,27). The summed E-state index contributed by atoms with van der Waals surface area (Å²) in [6.45, 7) is 9.04. The van der Waals surface area contributed by atoms with Crippen LogP contribution in [-0.4, -0.2) is 31.5 Å². The highest BCUT2D eigenvalue weighted by molar-refractivity contribution is 5.89. The lowest BCUT2D eigenvalue weighted by molar-refractivity contribution is 0.240. The van der Waals surface area contributed by atoms with Crippen molar-refractivity contribution in [1.29, 1.82) is 0 Å². The fourth-order valence-electron chi connectivity index (χ4n) is 3.79. The van der Waals surface area contributed by atoms with Crippen LogP contribution in [0.1, 0.15) is 50.7 Å². The molecular weight excluding hydrogens is 340 g/mol. The van der Waals surface area contributed by atoms with Crippen LogP contribution in [0.2, 0.25) is 0 Å². The molecule has 3 rings (SSSR count). The van der Waals surface area contributed by atoms with Crippen molar-refractivity contribution in [2.24, 2.45) is 0 Å². The van der Waals surface area contributed by atoms with Gasteiger partial charge in [-0.05, 0) is 55.5 Å². The number of carbonyl (C=O) groups excluding carboxylic acids is 1. The number of anilines is 1. The lowest BCUT2D eigenvalue weighted by Crippen LogP contribution is -2.61. The van der Waals surface area contributed by atoms with Crippen molar-refractivity contribution >= 4 is 11.7 Å². The Kier molecular flexibility index (Phi) is 6.58. The number of carbonyl (C=O) groups is 1. The average molecular weight is 373 g/mol. The topological polar surface area (TPSA) is 89.2 Å². The smallest absolute Gasteiger partial charge is 0.321 e. The lowest BCUT2D eigenvalue weighted by Gasteiger charge is -2.31. The van der Waals surface area contributed by atoms with Gasteiger partial charge in [-0.3, -0.25) is 5.32 Å². The zero-order chi connectivity index (χ0) is 19.2. The predicted molar refractivity (Wildman–Crippen MR) is 109 cm³/mol. The van der Waals surface area contributed by atoms with E-state index in [0.717, 1.165) is 44.0 Å². The van der Waals surface area contributed by atoms with Crippen molar-refractivity contribution in [2.45, 2.75) is 58.4 Å². The van der Waals surface area contributed by atoms with Gasteiger partial charge in [-0.25, -0.2) is 4.79 Å². The molecule has 2 aliphatic rings. The summed E-state index contributed by atoms with van der Waals surface area (Å²) in [5.41, 5.74) is 3.52. The van der Waals surface area contributed by atoms with E-state index in [1.54, 1.807) is 0 Å². The zero-order valence-electron chi connectivity index (χ0n) is 16.5. The van der Waals surface area contributed by atoms with E-state index >= 15 is 0 Å². The van der Waals surface area contributed by atoms with Crippen molar-refractivity contribution in [3.8, 4) is 0 Å². The van der Waals surface area contributed by atoms with Crippen LogP contribution in [0.15, 0.2) is 30.1 Å². The summed E-state index contributed by atoms with van der Waals surface area (Å²) in [5.74, 6) is 1.44. The predicted octanol–water partition coefficient (Wildman–Crippen LogP) is 2.11. The monoisotopic (exact) mass is 372 g/mol. The molecule has 148 valence electrons. The number of urea groups is 1. The van der Waals surface area contributed by atoms with Gasteiger partial charge in [0.2, 0.25) is 0 Å². The molecule has 27 heavy (non-hydrogen) atoms. The summed E-state index contributed by atoms with van der Waals surface area (Å²) in [6.07, 6.45) is 4.05. The van der Waals surface area contributed by atoms with Gasteiger partial charge in [-0.15, -0.1) is 0 Å². The summed E-state index contributed by atoms with van der Waals surface area (Å²) < 4.78 is 0. The van der Waals surface area contributed by atoms with Crippen molar-refractivity contribution in [3.05, 3.63) is 41.2 Å². The number of hydrogen-bond donors (Lipinski definition) is 6. The molecule has 0 aliphatic carbocycles. The molecule has 6 N–H and O–H groups in total. The Morgan fingerprint density at radius 2 is 2.15 bits per heavy atom. The minimum atomic E-state index is -0.325. The largest absolute Gasteiger partial charge is 0.372 e. The molecule has 0 spiro atoms. The third kappa shape index (κ3) is 5.14. The Labute approximate surface area is 161 Å². The van der Waals surface area contributed by atoms with Crippen LogP contribution < -0.4 is 31.9 Å². The third-order valence-corrected chi connectivity index (χ3v) is 4.98. The minimum absolute atomic E-state index is 0.164. The van der Waals surface area contributed by atoms with Crippen molar-refractivity contribution in [3.63, 3.8) is 0 Å². The third-order valence-electron chi connectivity index (χ3n) is 4.98. The first kappa shape index (κ1) is 19.5. The molecule has 2 aliphatic heterocycles. The fraction of sp³-hybridized carbons (Fsp3) is 0.550. The van der Waals surface area contributed by atoms with Gasteiger partial charge in [0.1, 0.15) is 0 Å². The van der Waals surface area contributed by atoms with E-state index in [1.807, 2.05) is 13.0 Å². The maximum absolute atomic E-state index is 12.5. The number of rotatable bonds is 6. The Morgan fingerprint density at radius 3 is 2.93 bits per heavy atom. The summed E-state index contributed by atoms with van der Waals surface area (Å²) in [6, 6.07) is 6.15. The quantitative estimate of drug-likeness (QED) is 0.460. The molecule has 0 saturated carbocycles. The van der Waals surface area contributed by atoms with E-state index in [1.165, 1.54) is 11.1 Å². The van der Waals surface area contributed by atoms with Crippen LogP contribution in [0.5, 0.6) is 0 Å². The van der Waals surface area contributed by atoms with Gasteiger partial charge in [-0.1, -0.05) is 19.4 Å². The van der Waals surface area contributed by atoms with Crippen molar-refractivity contribution in [1.82, 2.24) is 26.6 Å². The van der Waals surface area contributed by atoms with Crippen LogP contribution in [0, 0.1) is 0 Å². The van der Waals surface area contributed by atoms with E-state index in [9.17, 15) is 4.79 Å². The molecule has 0 radical (unpaired) electrons. The van der Waals surface area contributed by atoms with Gasteiger partial charge >= 0.3 is 6.03 Å². The second-order valence-electron chi connectivity index (χ2n) is 7.27. The Balaban J connectivity index is 1.61. The van der Waals surface area contributed by atoms with Crippen LogP contribution in [0.3, 0.4) is 0 Å². The lowest BCUT2D eigenvalue weighted by atomic mass is 9.87. The molecule has 1 aromatic rings. The van der Waals surface area contributed by atoms with Gasteiger partial charge in [-0.2, -0.15) is 0 Å². The highest BCUT2D eigenvalue weighted by atomic mass is 16.2. The Bertz CT molecular complexity index is 689. The van der Waals surface area contributed by atoms with E-state index in [0.29, 0.717) is 5.92 Å². The first-order valence-corrected chi connectivity index (χ1v) is 9.98. The zero-order valence-corrected chi connectivity index (χ0v) is 16.5. The van der Waals surface area contributed by atoms with Gasteiger partial charge in [0, 0.05) is 31.4 Å². The number of nitrogens with one attached hydrogen (secondary N) is 6. The molecule has 2 amide bonds. The molecule has 2 heterocycles. The normalized spacial score (nSPS) is 24.3. The minimum Gasteiger partial charge on any atom is -0.372 e. The van der Waals surface area contributed by atoms with Crippen molar-refractivity contribution in [2.75, 3.05) is 18.4 Å². The molecule has 0 aromatic heterocycles. The Morgan fingerprint density at radius 1 is 1.30 bits per heavy atom. The van der Waals surface area contributed by atoms with Gasteiger partial charge < -0.3 is 26.6 Å². The first-order chi connectivity index (χ1) is 13.1. The summed E-state index contributed by atoms with van der Waals surface area (Å²) >= 11 is 0. The van der Waals surface area contributed by atoms with E-state index in [4.69, 9.17) is 0 Å². The summed E-state index contributed by atoms with van der Waals surface area (Å²) in [7, 11) is 0. The number of amides is 2. The van der Waals surface area contributed by atoms with Crippen LogP contribution >= 0.6 is 0 Å². The molecule has 0 fully saturated rings. The molecular formula is C20H32N6O. The van der Waals surface area contributed by atoms with Crippen molar-refractivity contribution < 1.29 is 4.79 Å². The first-order valence-electron chi connectivity index (χ1n) is 9.98. The van der Waals surface area contributed by atoms with E-state index in [-0.39, 0.29) is 18.4 Å². The fourth-order valence-corrected chi connectivity index (χ4v) is 3.79. The molecule has 1 aromatic carbocycles. The highest BCUT2D eigenvalue weighted by Gasteiger charge is 2.21.